The van der Waals surface area contributed by atoms with Crippen LogP contribution in [0, 0.1) is 10.1 Å². The van der Waals surface area contributed by atoms with Gasteiger partial charge in [0.1, 0.15) is 5.60 Å². The van der Waals surface area contributed by atoms with Gasteiger partial charge in [-0.1, -0.05) is 0 Å². The highest BCUT2D eigenvalue weighted by Gasteiger charge is 2.51. The summed E-state index contributed by atoms with van der Waals surface area (Å²) in [6.45, 7) is 2.97. The monoisotopic (exact) mass is 420 g/mol. The van der Waals surface area contributed by atoms with Gasteiger partial charge in [0.25, 0.3) is 5.69 Å². The first kappa shape index (κ1) is 22.6. The van der Waals surface area contributed by atoms with Crippen LogP contribution in [0.3, 0.4) is 0 Å². The maximum Gasteiger partial charge on any atom is 0.471 e. The largest absolute Gasteiger partial charge is 0.471 e. The van der Waals surface area contributed by atoms with E-state index in [0.717, 1.165) is 12.1 Å². The Labute approximate surface area is 163 Å². The molecule has 1 aliphatic rings. The minimum absolute atomic E-state index is 0.0113. The maximum absolute atomic E-state index is 12.7. The quantitative estimate of drug-likeness (QED) is 0.441. The Kier molecular flexibility index (Phi) is 6.48. The second-order valence-electron chi connectivity index (χ2n) is 6.56. The Bertz CT molecular complexity index is 784. The summed E-state index contributed by atoms with van der Waals surface area (Å²) in [6.07, 6.45) is -7.50. The van der Waals surface area contributed by atoms with Gasteiger partial charge in [-0.15, -0.1) is 0 Å². The van der Waals surface area contributed by atoms with E-state index >= 15 is 0 Å². The highest BCUT2D eigenvalue weighted by atomic mass is 19.4. The maximum atomic E-state index is 12.7. The number of methoxy groups -OCH3 is 1. The third-order valence-corrected chi connectivity index (χ3v) is 4.84. The smallest absolute Gasteiger partial charge is 0.432 e. The van der Waals surface area contributed by atoms with Crippen LogP contribution in [0.2, 0.25) is 0 Å². The van der Waals surface area contributed by atoms with Crippen molar-refractivity contribution in [2.45, 2.75) is 50.5 Å². The van der Waals surface area contributed by atoms with Gasteiger partial charge in [-0.3, -0.25) is 14.9 Å². The van der Waals surface area contributed by atoms with E-state index in [1.165, 1.54) is 33.1 Å². The lowest BCUT2D eigenvalue weighted by molar-refractivity contribution is -0.384. The summed E-state index contributed by atoms with van der Waals surface area (Å²) in [7, 11) is 1.26. The molecule has 12 heteroatoms. The number of rotatable bonds is 5. The minimum Gasteiger partial charge on any atom is -0.432 e. The van der Waals surface area contributed by atoms with Gasteiger partial charge in [-0.2, -0.15) is 13.2 Å². The SMILES string of the molecule is CO[C@]1(C)[C@@H](NC(=O)C(F)(F)F)C[C@@H](OC(=O)c2ccc([N+](=O)[O-])cc2)O[C@@H]1C. The zero-order valence-corrected chi connectivity index (χ0v) is 15.7. The Morgan fingerprint density at radius 3 is 2.38 bits per heavy atom. The average Bonchev–Trinajstić information content (AvgIpc) is 2.64. The molecule has 1 amide bonds. The number of hydrogen-bond donors (Lipinski definition) is 1. The molecule has 2 rings (SSSR count). The standard InChI is InChI=1S/C17H19F3N2O7/c1-9-16(2,27-3)12(21-15(24)17(18,19)20)8-13(28-9)29-14(23)10-4-6-11(7-5-10)22(25)26/h4-7,9,12-13H,8H2,1-3H3,(H,21,24)/t9-,12+,13-,16+/m1/s1. The lowest BCUT2D eigenvalue weighted by Crippen LogP contribution is -2.64. The summed E-state index contributed by atoms with van der Waals surface area (Å²) in [4.78, 5) is 33.7. The molecule has 1 heterocycles. The number of benzene rings is 1. The first-order valence-corrected chi connectivity index (χ1v) is 8.42. The van der Waals surface area contributed by atoms with Crippen LogP contribution in [0.4, 0.5) is 18.9 Å². The molecular formula is C17H19F3N2O7. The van der Waals surface area contributed by atoms with E-state index in [1.54, 1.807) is 0 Å². The van der Waals surface area contributed by atoms with Gasteiger partial charge in [0.05, 0.1) is 22.6 Å². The van der Waals surface area contributed by atoms with Crippen molar-refractivity contribution in [2.75, 3.05) is 7.11 Å². The van der Waals surface area contributed by atoms with Gasteiger partial charge in [-0.25, -0.2) is 4.79 Å². The van der Waals surface area contributed by atoms with Crippen molar-refractivity contribution < 1.29 is 41.9 Å². The highest BCUT2D eigenvalue weighted by molar-refractivity contribution is 5.89. The van der Waals surface area contributed by atoms with Crippen molar-refractivity contribution in [1.82, 2.24) is 5.32 Å². The van der Waals surface area contributed by atoms with Crippen LogP contribution in [0.25, 0.3) is 0 Å². The molecule has 1 aromatic carbocycles. The number of non-ortho nitro benzene ring substituents is 1. The number of amides is 1. The van der Waals surface area contributed by atoms with Crippen molar-refractivity contribution in [3.63, 3.8) is 0 Å². The van der Waals surface area contributed by atoms with Crippen molar-refractivity contribution in [3.8, 4) is 0 Å². The Morgan fingerprint density at radius 1 is 1.31 bits per heavy atom. The minimum atomic E-state index is -5.10. The lowest BCUT2D eigenvalue weighted by atomic mass is 9.85. The van der Waals surface area contributed by atoms with E-state index in [2.05, 4.69) is 0 Å². The van der Waals surface area contributed by atoms with Crippen LogP contribution in [0.15, 0.2) is 24.3 Å². The zero-order chi connectivity index (χ0) is 22.0. The van der Waals surface area contributed by atoms with Crippen LogP contribution in [-0.4, -0.2) is 54.1 Å². The number of halogens is 3. The molecule has 0 spiro atoms. The number of ether oxygens (including phenoxy) is 3. The second-order valence-corrected chi connectivity index (χ2v) is 6.56. The third-order valence-electron chi connectivity index (χ3n) is 4.84. The number of nitrogens with one attached hydrogen (secondary N) is 1. The Hall–Kier alpha value is -2.73. The van der Waals surface area contributed by atoms with E-state index in [9.17, 15) is 32.9 Å². The van der Waals surface area contributed by atoms with Gasteiger partial charge < -0.3 is 19.5 Å². The summed E-state index contributed by atoms with van der Waals surface area (Å²) in [6, 6.07) is 3.40. The van der Waals surface area contributed by atoms with Crippen LogP contribution in [-0.2, 0) is 19.0 Å². The van der Waals surface area contributed by atoms with Crippen molar-refractivity contribution >= 4 is 17.6 Å². The van der Waals surface area contributed by atoms with E-state index in [-0.39, 0.29) is 17.7 Å². The normalized spacial score (nSPS) is 27.2. The third kappa shape index (κ3) is 5.01. The summed E-state index contributed by atoms with van der Waals surface area (Å²) < 4.78 is 54.0. The fraction of sp³-hybridized carbons (Fsp3) is 0.529. The number of esters is 1. The topological polar surface area (TPSA) is 117 Å². The fourth-order valence-electron chi connectivity index (χ4n) is 2.86. The number of nitro benzene ring substituents is 1. The Balaban J connectivity index is 2.14. The molecule has 1 N–H and O–H groups in total. The molecule has 0 radical (unpaired) electrons. The van der Waals surface area contributed by atoms with Crippen LogP contribution < -0.4 is 5.32 Å². The molecule has 160 valence electrons. The first-order valence-electron chi connectivity index (χ1n) is 8.42. The number of carbonyl (C=O) groups is 2. The van der Waals surface area contributed by atoms with Gasteiger partial charge in [-0.05, 0) is 26.0 Å². The predicted octanol–water partition coefficient (Wildman–Crippen LogP) is 2.34. The molecule has 1 saturated heterocycles. The number of hydrogen-bond acceptors (Lipinski definition) is 7. The van der Waals surface area contributed by atoms with E-state index in [1.807, 2.05) is 5.32 Å². The van der Waals surface area contributed by atoms with E-state index in [0.29, 0.717) is 0 Å². The molecule has 1 aromatic rings. The summed E-state index contributed by atoms with van der Waals surface area (Å²) >= 11 is 0. The van der Waals surface area contributed by atoms with Crippen molar-refractivity contribution in [1.29, 1.82) is 0 Å². The van der Waals surface area contributed by atoms with Gasteiger partial charge >= 0.3 is 18.1 Å². The number of alkyl halides is 3. The molecule has 0 bridgehead atoms. The number of nitrogens with zero attached hydrogens (tertiary/aromatic N) is 1. The van der Waals surface area contributed by atoms with Crippen LogP contribution >= 0.6 is 0 Å². The summed E-state index contributed by atoms with van der Waals surface area (Å²) in [5, 5.41) is 12.5. The van der Waals surface area contributed by atoms with Crippen molar-refractivity contribution in [2.24, 2.45) is 0 Å². The molecule has 0 aliphatic carbocycles. The van der Waals surface area contributed by atoms with E-state index < -0.39 is 47.0 Å². The summed E-state index contributed by atoms with van der Waals surface area (Å²) in [5.74, 6) is -3.04. The van der Waals surface area contributed by atoms with Crippen LogP contribution in [0.5, 0.6) is 0 Å². The van der Waals surface area contributed by atoms with Gasteiger partial charge in [0.2, 0.25) is 6.29 Å². The first-order chi connectivity index (χ1) is 13.4. The number of carbonyl (C=O) groups excluding carboxylic acids is 2. The molecule has 1 aliphatic heterocycles. The average molecular weight is 420 g/mol. The molecular weight excluding hydrogens is 401 g/mol. The molecule has 1 fully saturated rings. The predicted molar refractivity (Wildman–Crippen MR) is 90.9 cm³/mol. The van der Waals surface area contributed by atoms with Crippen molar-refractivity contribution in [3.05, 3.63) is 39.9 Å². The number of nitro groups is 1. The molecule has 0 saturated carbocycles. The lowest BCUT2D eigenvalue weighted by Gasteiger charge is -2.47. The summed E-state index contributed by atoms with van der Waals surface area (Å²) in [5.41, 5.74) is -1.55. The fourth-order valence-corrected chi connectivity index (χ4v) is 2.86. The molecule has 0 unspecified atom stereocenters. The molecule has 0 aromatic heterocycles. The molecule has 29 heavy (non-hydrogen) atoms. The molecule has 9 nitrogen and oxygen atoms in total. The van der Waals surface area contributed by atoms with Gasteiger partial charge in [0.15, 0.2) is 0 Å². The van der Waals surface area contributed by atoms with Gasteiger partial charge in [0, 0.05) is 25.7 Å². The zero-order valence-electron chi connectivity index (χ0n) is 15.7. The van der Waals surface area contributed by atoms with Crippen LogP contribution in [0.1, 0.15) is 30.6 Å². The molecule has 4 atom stereocenters. The second kappa shape index (κ2) is 8.33. The Morgan fingerprint density at radius 2 is 1.90 bits per heavy atom. The van der Waals surface area contributed by atoms with E-state index in [4.69, 9.17) is 14.2 Å². The highest BCUT2D eigenvalue weighted by Crippen LogP contribution is 2.33.